The molecule has 0 aromatic heterocycles. The third-order valence-electron chi connectivity index (χ3n) is 3.34. The third-order valence-corrected chi connectivity index (χ3v) is 4.44. The highest BCUT2D eigenvalue weighted by molar-refractivity contribution is 7.99. The molecule has 2 heteroatoms. The minimum Gasteiger partial charge on any atom is -0.314 e. The number of thioether (sulfide) groups is 1. The summed E-state index contributed by atoms with van der Waals surface area (Å²) in [5.41, 5.74) is 1.43. The highest BCUT2D eigenvalue weighted by atomic mass is 32.2. The molecule has 19 heavy (non-hydrogen) atoms. The molecule has 1 nitrogen and oxygen atoms in total. The molecule has 0 saturated heterocycles. The molecular weight excluding hydrogens is 250 g/mol. The lowest BCUT2D eigenvalue weighted by Gasteiger charge is -2.12. The molecule has 1 unspecified atom stereocenters. The van der Waals surface area contributed by atoms with Crippen LogP contribution < -0.4 is 5.32 Å². The zero-order chi connectivity index (χ0) is 14.1. The van der Waals surface area contributed by atoms with E-state index in [9.17, 15) is 0 Å². The van der Waals surface area contributed by atoms with E-state index < -0.39 is 0 Å². The second-order valence-electron chi connectivity index (χ2n) is 5.57. The van der Waals surface area contributed by atoms with Gasteiger partial charge in [-0.1, -0.05) is 32.9 Å². The van der Waals surface area contributed by atoms with Crippen molar-refractivity contribution in [2.45, 2.75) is 63.8 Å². The number of rotatable bonds is 9. The van der Waals surface area contributed by atoms with Gasteiger partial charge in [-0.15, -0.1) is 11.8 Å². The van der Waals surface area contributed by atoms with E-state index in [1.807, 2.05) is 11.8 Å². The maximum absolute atomic E-state index is 3.54. The molecule has 0 amide bonds. The molecule has 0 spiro atoms. The minimum atomic E-state index is 0.629. The van der Waals surface area contributed by atoms with Crippen molar-refractivity contribution in [1.82, 2.24) is 5.32 Å². The summed E-state index contributed by atoms with van der Waals surface area (Å²) in [5.74, 6) is 1.85. The molecule has 0 heterocycles. The van der Waals surface area contributed by atoms with Gasteiger partial charge in [-0.3, -0.25) is 0 Å². The van der Waals surface area contributed by atoms with E-state index in [0.717, 1.165) is 6.54 Å². The molecular formula is C17H29NS. The Hall–Kier alpha value is -0.470. The maximum atomic E-state index is 3.54. The molecule has 0 bridgehead atoms. The molecule has 0 fully saturated rings. The van der Waals surface area contributed by atoms with Crippen molar-refractivity contribution in [2.75, 3.05) is 12.3 Å². The van der Waals surface area contributed by atoms with Crippen molar-refractivity contribution in [3.05, 3.63) is 29.8 Å². The summed E-state index contributed by atoms with van der Waals surface area (Å²) in [4.78, 5) is 1.40. The van der Waals surface area contributed by atoms with E-state index in [0.29, 0.717) is 12.0 Å². The van der Waals surface area contributed by atoms with Gasteiger partial charge in [-0.2, -0.15) is 0 Å². The summed E-state index contributed by atoms with van der Waals surface area (Å²) in [6.45, 7) is 10.1. The normalized spacial score (nSPS) is 12.9. The predicted octanol–water partition coefficient (Wildman–Crippen LogP) is 5.07. The monoisotopic (exact) mass is 279 g/mol. The van der Waals surface area contributed by atoms with Crippen LogP contribution in [0.15, 0.2) is 29.2 Å². The van der Waals surface area contributed by atoms with Gasteiger partial charge in [0.1, 0.15) is 0 Å². The highest BCUT2D eigenvalue weighted by Gasteiger charge is 2.02. The summed E-state index contributed by atoms with van der Waals surface area (Å²) < 4.78 is 0. The summed E-state index contributed by atoms with van der Waals surface area (Å²) in [6, 6.07) is 9.71. The number of nitrogens with one attached hydrogen (secondary N) is 1. The first kappa shape index (κ1) is 16.6. The van der Waals surface area contributed by atoms with Gasteiger partial charge in [0.15, 0.2) is 0 Å². The maximum Gasteiger partial charge on any atom is 0.00721 e. The highest BCUT2D eigenvalue weighted by Crippen LogP contribution is 2.22. The van der Waals surface area contributed by atoms with Gasteiger partial charge >= 0.3 is 0 Å². The fourth-order valence-electron chi connectivity index (χ4n) is 2.02. The molecule has 0 aliphatic heterocycles. The summed E-state index contributed by atoms with van der Waals surface area (Å²) in [7, 11) is 0. The second-order valence-corrected chi connectivity index (χ2v) is 6.74. The van der Waals surface area contributed by atoms with Crippen molar-refractivity contribution >= 4 is 11.8 Å². The fraction of sp³-hybridized carbons (Fsp3) is 0.647. The van der Waals surface area contributed by atoms with Crippen molar-refractivity contribution in [1.29, 1.82) is 0 Å². The van der Waals surface area contributed by atoms with Gasteiger partial charge < -0.3 is 5.32 Å². The summed E-state index contributed by atoms with van der Waals surface area (Å²) >= 11 is 1.98. The Balaban J connectivity index is 2.18. The van der Waals surface area contributed by atoms with Gasteiger partial charge in [0.25, 0.3) is 0 Å². The van der Waals surface area contributed by atoms with Gasteiger partial charge in [0.2, 0.25) is 0 Å². The Kier molecular flexibility index (Phi) is 8.24. The average molecular weight is 279 g/mol. The summed E-state index contributed by atoms with van der Waals surface area (Å²) in [5, 5.41) is 3.54. The standard InChI is InChI=1S/C17H29NS/c1-5-12-18-15(4)7-6-13-19-17-10-8-16(9-11-17)14(2)3/h8-11,14-15,18H,5-7,12-13H2,1-4H3. The van der Waals surface area contributed by atoms with Crippen LogP contribution in [0.1, 0.15) is 58.4 Å². The van der Waals surface area contributed by atoms with Crippen LogP contribution in [-0.2, 0) is 0 Å². The van der Waals surface area contributed by atoms with Crippen LogP contribution >= 0.6 is 11.8 Å². The van der Waals surface area contributed by atoms with E-state index in [4.69, 9.17) is 0 Å². The third kappa shape index (κ3) is 7.03. The Labute approximate surface area is 123 Å². The molecule has 1 atom stereocenters. The zero-order valence-corrected chi connectivity index (χ0v) is 13.7. The van der Waals surface area contributed by atoms with Crippen molar-refractivity contribution in [2.24, 2.45) is 0 Å². The number of hydrogen-bond donors (Lipinski definition) is 1. The Morgan fingerprint density at radius 1 is 1.11 bits per heavy atom. The topological polar surface area (TPSA) is 12.0 Å². The average Bonchev–Trinajstić information content (AvgIpc) is 2.41. The molecule has 1 aromatic carbocycles. The Bertz CT molecular complexity index is 332. The van der Waals surface area contributed by atoms with E-state index in [2.05, 4.69) is 57.3 Å². The van der Waals surface area contributed by atoms with Crippen LogP contribution in [-0.4, -0.2) is 18.3 Å². The molecule has 0 aliphatic carbocycles. The Morgan fingerprint density at radius 2 is 1.79 bits per heavy atom. The molecule has 0 aliphatic rings. The van der Waals surface area contributed by atoms with E-state index >= 15 is 0 Å². The number of hydrogen-bond acceptors (Lipinski definition) is 2. The number of benzene rings is 1. The van der Waals surface area contributed by atoms with E-state index in [1.165, 1.54) is 35.5 Å². The van der Waals surface area contributed by atoms with E-state index in [1.54, 1.807) is 0 Å². The first-order valence-electron chi connectivity index (χ1n) is 7.59. The predicted molar refractivity (Wildman–Crippen MR) is 88.2 cm³/mol. The molecule has 0 radical (unpaired) electrons. The van der Waals surface area contributed by atoms with Crippen molar-refractivity contribution < 1.29 is 0 Å². The van der Waals surface area contributed by atoms with E-state index in [-0.39, 0.29) is 0 Å². The fourth-order valence-corrected chi connectivity index (χ4v) is 2.90. The lowest BCUT2D eigenvalue weighted by atomic mass is 10.0. The molecule has 1 rings (SSSR count). The van der Waals surface area contributed by atoms with Gasteiger partial charge in [0.05, 0.1) is 0 Å². The molecule has 108 valence electrons. The second kappa shape index (κ2) is 9.44. The SMILES string of the molecule is CCCNC(C)CCCSc1ccc(C(C)C)cc1. The molecule has 1 N–H and O–H groups in total. The quantitative estimate of drug-likeness (QED) is 0.500. The van der Waals surface area contributed by atoms with Crippen LogP contribution in [0.4, 0.5) is 0 Å². The minimum absolute atomic E-state index is 0.629. The van der Waals surface area contributed by atoms with Crippen molar-refractivity contribution in [3.63, 3.8) is 0 Å². The lowest BCUT2D eigenvalue weighted by molar-refractivity contribution is 0.510. The smallest absolute Gasteiger partial charge is 0.00721 e. The van der Waals surface area contributed by atoms with Gasteiger partial charge in [0, 0.05) is 10.9 Å². The van der Waals surface area contributed by atoms with Crippen LogP contribution in [0.3, 0.4) is 0 Å². The first-order chi connectivity index (χ1) is 9.13. The molecule has 1 aromatic rings. The van der Waals surface area contributed by atoms with Gasteiger partial charge in [-0.25, -0.2) is 0 Å². The first-order valence-corrected chi connectivity index (χ1v) is 8.58. The summed E-state index contributed by atoms with van der Waals surface area (Å²) in [6.07, 6.45) is 3.78. The van der Waals surface area contributed by atoms with Crippen LogP contribution in [0.25, 0.3) is 0 Å². The lowest BCUT2D eigenvalue weighted by Crippen LogP contribution is -2.26. The Morgan fingerprint density at radius 3 is 2.37 bits per heavy atom. The van der Waals surface area contributed by atoms with Crippen molar-refractivity contribution in [3.8, 4) is 0 Å². The van der Waals surface area contributed by atoms with Gasteiger partial charge in [-0.05, 0) is 62.1 Å². The zero-order valence-electron chi connectivity index (χ0n) is 12.9. The van der Waals surface area contributed by atoms with Crippen LogP contribution in [0.5, 0.6) is 0 Å². The van der Waals surface area contributed by atoms with Crippen LogP contribution in [0, 0.1) is 0 Å². The van der Waals surface area contributed by atoms with Crippen LogP contribution in [0.2, 0.25) is 0 Å². The molecule has 0 saturated carbocycles. The largest absolute Gasteiger partial charge is 0.314 e.